The Morgan fingerprint density at radius 3 is 2.10 bits per heavy atom. The lowest BCUT2D eigenvalue weighted by atomic mass is 10.1. The zero-order valence-corrected chi connectivity index (χ0v) is 11.5. The van der Waals surface area contributed by atoms with Crippen molar-refractivity contribution in [1.82, 2.24) is 4.98 Å². The molecule has 0 aliphatic carbocycles. The molecule has 2 nitrogen and oxygen atoms in total. The molecule has 0 unspecified atom stereocenters. The molecule has 20 heavy (non-hydrogen) atoms. The van der Waals surface area contributed by atoms with Gasteiger partial charge in [0.05, 0.1) is 0 Å². The van der Waals surface area contributed by atoms with Crippen LogP contribution in [0.2, 0.25) is 0 Å². The highest BCUT2D eigenvalue weighted by Crippen LogP contribution is 2.44. The monoisotopic (exact) mass is 355 g/mol. The molecule has 1 aromatic heterocycles. The molecule has 2 rings (SSSR count). The van der Waals surface area contributed by atoms with E-state index in [0.29, 0.717) is 5.56 Å². The summed E-state index contributed by atoms with van der Waals surface area (Å²) in [5.41, 5.74) is 0.343. The molecule has 0 aliphatic rings. The predicted octanol–water partition coefficient (Wildman–Crippen LogP) is 5.07. The maximum Gasteiger partial charge on any atom is 0.463 e. The van der Waals surface area contributed by atoms with Crippen molar-refractivity contribution >= 4 is 15.9 Å². The molecule has 8 heteroatoms. The van der Waals surface area contributed by atoms with Crippen LogP contribution >= 0.6 is 15.9 Å². The minimum Gasteiger partial charge on any atom is -0.440 e. The Morgan fingerprint density at radius 1 is 1.05 bits per heavy atom. The molecule has 0 atom stereocenters. The van der Waals surface area contributed by atoms with Gasteiger partial charge in [0, 0.05) is 10.0 Å². The van der Waals surface area contributed by atoms with E-state index in [0.717, 1.165) is 4.47 Å². The van der Waals surface area contributed by atoms with Crippen molar-refractivity contribution < 1.29 is 26.4 Å². The number of oxazole rings is 1. The Balaban J connectivity index is 2.47. The molecule has 1 heterocycles. The van der Waals surface area contributed by atoms with Crippen LogP contribution in [0.25, 0.3) is 11.3 Å². The van der Waals surface area contributed by atoms with Crippen LogP contribution in [0.4, 0.5) is 22.0 Å². The number of benzene rings is 1. The topological polar surface area (TPSA) is 26.0 Å². The van der Waals surface area contributed by atoms with Gasteiger partial charge in [-0.05, 0) is 19.1 Å². The lowest BCUT2D eigenvalue weighted by Gasteiger charge is -2.15. The van der Waals surface area contributed by atoms with Crippen LogP contribution in [-0.2, 0) is 5.92 Å². The summed E-state index contributed by atoms with van der Waals surface area (Å²) in [6.07, 6.45) is -5.75. The minimum atomic E-state index is -5.75. The lowest BCUT2D eigenvalue weighted by molar-refractivity contribution is -0.297. The van der Waals surface area contributed by atoms with Crippen molar-refractivity contribution in [3.63, 3.8) is 0 Å². The highest BCUT2D eigenvalue weighted by atomic mass is 79.9. The second-order valence-corrected chi connectivity index (χ2v) is 4.92. The van der Waals surface area contributed by atoms with E-state index in [1.807, 2.05) is 0 Å². The Morgan fingerprint density at radius 2 is 1.60 bits per heavy atom. The van der Waals surface area contributed by atoms with Gasteiger partial charge in [0.1, 0.15) is 11.5 Å². The summed E-state index contributed by atoms with van der Waals surface area (Å²) < 4.78 is 68.3. The number of halogens is 6. The van der Waals surface area contributed by atoms with Crippen molar-refractivity contribution in [2.24, 2.45) is 0 Å². The summed E-state index contributed by atoms with van der Waals surface area (Å²) in [5, 5.41) is 0. The average Bonchev–Trinajstić information content (AvgIpc) is 2.71. The second kappa shape index (κ2) is 4.83. The Hall–Kier alpha value is -1.44. The summed E-state index contributed by atoms with van der Waals surface area (Å²) in [4.78, 5) is 3.30. The van der Waals surface area contributed by atoms with Gasteiger partial charge in [-0.3, -0.25) is 0 Å². The van der Waals surface area contributed by atoms with Gasteiger partial charge < -0.3 is 4.42 Å². The summed E-state index contributed by atoms with van der Waals surface area (Å²) in [6.45, 7) is 1.28. The van der Waals surface area contributed by atoms with Crippen LogP contribution in [0.5, 0.6) is 0 Å². The molecule has 0 fully saturated rings. The maximum absolute atomic E-state index is 13.1. The second-order valence-electron chi connectivity index (χ2n) is 4.00. The summed E-state index contributed by atoms with van der Waals surface area (Å²) in [7, 11) is 0. The highest BCUT2D eigenvalue weighted by molar-refractivity contribution is 9.10. The summed E-state index contributed by atoms with van der Waals surface area (Å²) >= 11 is 3.19. The van der Waals surface area contributed by atoms with E-state index in [-0.39, 0.29) is 11.5 Å². The first-order valence-corrected chi connectivity index (χ1v) is 6.10. The number of hydrogen-bond acceptors (Lipinski definition) is 2. The number of aryl methyl sites for hydroxylation is 1. The van der Waals surface area contributed by atoms with Gasteiger partial charge in [0.2, 0.25) is 0 Å². The third kappa shape index (κ3) is 2.56. The zero-order valence-electron chi connectivity index (χ0n) is 9.93. The molecule has 0 saturated heterocycles. The molecular formula is C12H7BrF5NO. The summed E-state index contributed by atoms with van der Waals surface area (Å²) in [5.74, 6) is -6.88. The van der Waals surface area contributed by atoms with Gasteiger partial charge in [-0.2, -0.15) is 22.0 Å². The van der Waals surface area contributed by atoms with E-state index in [1.165, 1.54) is 19.1 Å². The van der Waals surface area contributed by atoms with Crippen molar-refractivity contribution in [2.45, 2.75) is 19.0 Å². The molecular weight excluding hydrogens is 349 g/mol. The van der Waals surface area contributed by atoms with Crippen molar-refractivity contribution in [3.8, 4) is 11.3 Å². The summed E-state index contributed by atoms with van der Waals surface area (Å²) in [6, 6.07) is 6.30. The molecule has 0 spiro atoms. The Bertz CT molecular complexity index is 618. The number of aromatic nitrogens is 1. The Kier molecular flexibility index (Phi) is 3.62. The first-order valence-electron chi connectivity index (χ1n) is 5.31. The molecule has 0 saturated carbocycles. The van der Waals surface area contributed by atoms with E-state index in [9.17, 15) is 22.0 Å². The molecule has 0 radical (unpaired) electrons. The minimum absolute atomic E-state index is 0.0450. The quantitative estimate of drug-likeness (QED) is 0.703. The largest absolute Gasteiger partial charge is 0.463 e. The number of nitrogens with zero attached hydrogens (tertiary/aromatic N) is 1. The smallest absolute Gasteiger partial charge is 0.440 e. The van der Waals surface area contributed by atoms with E-state index in [1.54, 1.807) is 12.1 Å². The maximum atomic E-state index is 13.1. The molecule has 0 aliphatic heterocycles. The normalized spacial score (nSPS) is 12.8. The van der Waals surface area contributed by atoms with Crippen LogP contribution in [-0.4, -0.2) is 11.2 Å². The van der Waals surface area contributed by atoms with Crippen LogP contribution < -0.4 is 0 Å². The highest BCUT2D eigenvalue weighted by Gasteiger charge is 2.62. The van der Waals surface area contributed by atoms with Gasteiger partial charge in [0.25, 0.3) is 5.89 Å². The van der Waals surface area contributed by atoms with E-state index in [2.05, 4.69) is 25.3 Å². The molecule has 0 N–H and O–H groups in total. The van der Waals surface area contributed by atoms with Crippen LogP contribution in [0.1, 0.15) is 11.7 Å². The third-order valence-electron chi connectivity index (χ3n) is 2.54. The molecule has 108 valence electrons. The van der Waals surface area contributed by atoms with E-state index < -0.39 is 18.0 Å². The Labute approximate surface area is 118 Å². The van der Waals surface area contributed by atoms with E-state index >= 15 is 0 Å². The molecule has 1 aromatic carbocycles. The number of alkyl halides is 5. The van der Waals surface area contributed by atoms with Crippen LogP contribution in [0.3, 0.4) is 0 Å². The van der Waals surface area contributed by atoms with Gasteiger partial charge in [0.15, 0.2) is 0 Å². The van der Waals surface area contributed by atoms with E-state index in [4.69, 9.17) is 0 Å². The fourth-order valence-electron chi connectivity index (χ4n) is 1.53. The van der Waals surface area contributed by atoms with Gasteiger partial charge >= 0.3 is 12.1 Å². The van der Waals surface area contributed by atoms with Crippen molar-refractivity contribution in [3.05, 3.63) is 40.4 Å². The fraction of sp³-hybridized carbons (Fsp3) is 0.250. The van der Waals surface area contributed by atoms with Gasteiger partial charge in [-0.1, -0.05) is 28.1 Å². The van der Waals surface area contributed by atoms with Crippen LogP contribution in [0, 0.1) is 6.92 Å². The molecule has 0 bridgehead atoms. The van der Waals surface area contributed by atoms with Gasteiger partial charge in [-0.15, -0.1) is 0 Å². The molecule has 0 amide bonds. The average molecular weight is 356 g/mol. The van der Waals surface area contributed by atoms with Gasteiger partial charge in [-0.25, -0.2) is 4.98 Å². The predicted molar refractivity (Wildman–Crippen MR) is 64.3 cm³/mol. The first kappa shape index (κ1) is 15.0. The number of hydrogen-bond donors (Lipinski definition) is 0. The first-order chi connectivity index (χ1) is 9.13. The number of rotatable bonds is 2. The SMILES string of the molecule is Cc1oc(C(F)(F)C(F)(F)F)nc1-c1ccc(Br)cc1. The third-order valence-corrected chi connectivity index (χ3v) is 3.07. The standard InChI is InChI=1S/C12H7BrF5NO/c1-6-9(7-2-4-8(13)5-3-7)19-10(20-6)11(14,15)12(16,17)18/h2-5H,1H3. The zero-order chi connectivity index (χ0) is 15.1. The fourth-order valence-corrected chi connectivity index (χ4v) is 1.79. The van der Waals surface area contributed by atoms with Crippen LogP contribution in [0.15, 0.2) is 33.2 Å². The van der Waals surface area contributed by atoms with Crippen molar-refractivity contribution in [1.29, 1.82) is 0 Å². The molecule has 2 aromatic rings. The lowest BCUT2D eigenvalue weighted by Crippen LogP contribution is -2.33. The van der Waals surface area contributed by atoms with Crippen molar-refractivity contribution in [2.75, 3.05) is 0 Å².